The molecular weight excluding hydrogens is 373 g/mol. The minimum Gasteiger partial charge on any atom is -0.339 e. The van der Waals surface area contributed by atoms with Crippen LogP contribution in [0, 0.1) is 0 Å². The van der Waals surface area contributed by atoms with Crippen molar-refractivity contribution in [1.29, 1.82) is 0 Å². The number of nitrogens with zero attached hydrogens (tertiary/aromatic N) is 5. The molecule has 0 unspecified atom stereocenters. The van der Waals surface area contributed by atoms with E-state index in [0.717, 1.165) is 24.9 Å². The van der Waals surface area contributed by atoms with Crippen LogP contribution >= 0.6 is 0 Å². The second-order valence-corrected chi connectivity index (χ2v) is 7.85. The highest BCUT2D eigenvalue weighted by Gasteiger charge is 2.33. The summed E-state index contributed by atoms with van der Waals surface area (Å²) in [5.74, 6) is -0.00514. The van der Waals surface area contributed by atoms with Gasteiger partial charge in [0.05, 0.1) is 17.5 Å². The van der Waals surface area contributed by atoms with E-state index in [1.54, 1.807) is 36.7 Å². The number of allylic oxidation sites excluding steroid dienone is 2. The Kier molecular flexibility index (Phi) is 6.82. The van der Waals surface area contributed by atoms with E-state index in [0.29, 0.717) is 30.0 Å². The maximum absolute atomic E-state index is 13.3. The van der Waals surface area contributed by atoms with Crippen LogP contribution in [0.25, 0.3) is 11.8 Å². The zero-order chi connectivity index (χ0) is 21.6. The van der Waals surface area contributed by atoms with Gasteiger partial charge in [0.2, 0.25) is 0 Å². The van der Waals surface area contributed by atoms with Gasteiger partial charge < -0.3 is 4.90 Å². The second kappa shape index (κ2) is 9.52. The molecule has 30 heavy (non-hydrogen) atoms. The number of hydrogen-bond acceptors (Lipinski definition) is 4. The molecular formula is C23H28BN5O. The Labute approximate surface area is 179 Å². The smallest absolute Gasteiger partial charge is 0.256 e. The summed E-state index contributed by atoms with van der Waals surface area (Å²) in [7, 11) is 2.26. The van der Waals surface area contributed by atoms with E-state index in [-0.39, 0.29) is 11.2 Å². The number of rotatable bonds is 7. The summed E-state index contributed by atoms with van der Waals surface area (Å²) in [6.07, 6.45) is 14.3. The number of piperidine rings is 1. The summed E-state index contributed by atoms with van der Waals surface area (Å²) in [4.78, 5) is 24.0. The lowest BCUT2D eigenvalue weighted by atomic mass is 9.62. The fourth-order valence-electron chi connectivity index (χ4n) is 3.76. The van der Waals surface area contributed by atoms with Gasteiger partial charge >= 0.3 is 0 Å². The first kappa shape index (κ1) is 21.5. The molecule has 2 aromatic rings. The van der Waals surface area contributed by atoms with Crippen molar-refractivity contribution in [2.45, 2.75) is 31.6 Å². The van der Waals surface area contributed by atoms with Crippen LogP contribution < -0.4 is 0 Å². The Morgan fingerprint density at radius 2 is 2.13 bits per heavy atom. The maximum atomic E-state index is 13.3. The molecule has 2 aromatic heterocycles. The Morgan fingerprint density at radius 1 is 1.37 bits per heavy atom. The molecule has 0 atom stereocenters. The van der Waals surface area contributed by atoms with Crippen molar-refractivity contribution >= 4 is 31.7 Å². The van der Waals surface area contributed by atoms with Crippen LogP contribution in [0.1, 0.15) is 41.4 Å². The number of amides is 1. The molecule has 0 aliphatic carbocycles. The van der Waals surface area contributed by atoms with Crippen molar-refractivity contribution in [3.05, 3.63) is 72.9 Å². The number of likely N-dealkylation sites (tertiary alicyclic amines) is 1. The van der Waals surface area contributed by atoms with Gasteiger partial charge in [-0.25, -0.2) is 0 Å². The van der Waals surface area contributed by atoms with Gasteiger partial charge in [-0.3, -0.25) is 19.5 Å². The quantitative estimate of drug-likeness (QED) is 0.407. The van der Waals surface area contributed by atoms with Crippen molar-refractivity contribution in [3.8, 4) is 0 Å². The lowest BCUT2D eigenvalue weighted by molar-refractivity contribution is 0.0690. The molecule has 0 saturated carbocycles. The second-order valence-electron chi connectivity index (χ2n) is 7.85. The monoisotopic (exact) mass is 401 g/mol. The molecule has 0 bridgehead atoms. The first-order chi connectivity index (χ1) is 14.5. The number of aromatic nitrogens is 3. The standard InChI is InChI=1S/C23H28BN5O/c1-4-8-20(25-6-3)21-19(9-7-12-26-21)22(30)28-13-10-23(24,11-14-28)17-29-16-18(5-2)15-27-29/h4-9,12,15-16H,1-2,10-11,13-14,17,24H2,3H3/b20-8-,25-6-. The van der Waals surface area contributed by atoms with Gasteiger partial charge in [0.15, 0.2) is 0 Å². The van der Waals surface area contributed by atoms with Crippen molar-refractivity contribution < 1.29 is 4.79 Å². The fourth-order valence-corrected chi connectivity index (χ4v) is 3.76. The average Bonchev–Trinajstić information content (AvgIpc) is 3.20. The lowest BCUT2D eigenvalue weighted by Crippen LogP contribution is -2.42. The SMILES string of the molecule is BC1(Cn2cc(C=C)cn2)CCN(C(=O)c2cccnc2C(=C/C=C)/N=C\C)CC1. The molecule has 6 nitrogen and oxygen atoms in total. The summed E-state index contributed by atoms with van der Waals surface area (Å²) in [6.45, 7) is 11.6. The van der Waals surface area contributed by atoms with E-state index in [4.69, 9.17) is 0 Å². The summed E-state index contributed by atoms with van der Waals surface area (Å²) in [6, 6.07) is 3.61. The van der Waals surface area contributed by atoms with Crippen molar-refractivity contribution in [2.24, 2.45) is 4.99 Å². The van der Waals surface area contributed by atoms with E-state index >= 15 is 0 Å². The Bertz CT molecular complexity index is 983. The van der Waals surface area contributed by atoms with Crippen LogP contribution in [0.3, 0.4) is 0 Å². The number of carbonyl (C=O) groups excluding carboxylic acids is 1. The summed E-state index contributed by atoms with van der Waals surface area (Å²) >= 11 is 0. The first-order valence-corrected chi connectivity index (χ1v) is 10.2. The molecule has 7 heteroatoms. The van der Waals surface area contributed by atoms with E-state index in [1.807, 2.05) is 35.0 Å². The first-order valence-electron chi connectivity index (χ1n) is 10.2. The molecule has 3 rings (SSSR count). The predicted octanol–water partition coefficient (Wildman–Crippen LogP) is 3.27. The molecule has 0 spiro atoms. The summed E-state index contributed by atoms with van der Waals surface area (Å²) < 4.78 is 1.98. The zero-order valence-electron chi connectivity index (χ0n) is 17.8. The molecule has 0 radical (unpaired) electrons. The average molecular weight is 401 g/mol. The van der Waals surface area contributed by atoms with Gasteiger partial charge in [0, 0.05) is 43.8 Å². The van der Waals surface area contributed by atoms with E-state index in [9.17, 15) is 4.79 Å². The Balaban J connectivity index is 1.73. The highest BCUT2D eigenvalue weighted by molar-refractivity contribution is 6.15. The molecule has 1 fully saturated rings. The number of hydrogen-bond donors (Lipinski definition) is 0. The molecule has 0 N–H and O–H groups in total. The van der Waals surface area contributed by atoms with Gasteiger partial charge in [-0.05, 0) is 43.3 Å². The minimum absolute atomic E-state index is 0.00514. The van der Waals surface area contributed by atoms with Gasteiger partial charge in [-0.15, -0.1) is 0 Å². The molecule has 154 valence electrons. The fraction of sp³-hybridized carbons (Fsp3) is 0.304. The van der Waals surface area contributed by atoms with Gasteiger partial charge in [-0.1, -0.05) is 25.3 Å². The van der Waals surface area contributed by atoms with Crippen molar-refractivity contribution in [3.63, 3.8) is 0 Å². The number of carbonyl (C=O) groups is 1. The van der Waals surface area contributed by atoms with Crippen LogP contribution in [0.2, 0.25) is 5.31 Å². The van der Waals surface area contributed by atoms with E-state index in [2.05, 4.69) is 36.1 Å². The topological polar surface area (TPSA) is 63.4 Å². The van der Waals surface area contributed by atoms with Crippen molar-refractivity contribution in [1.82, 2.24) is 19.7 Å². The largest absolute Gasteiger partial charge is 0.339 e. The van der Waals surface area contributed by atoms with Crippen LogP contribution in [0.4, 0.5) is 0 Å². The van der Waals surface area contributed by atoms with E-state index < -0.39 is 0 Å². The molecule has 0 aromatic carbocycles. The summed E-state index contributed by atoms with van der Waals surface area (Å²) in [5, 5.41) is 4.52. The van der Waals surface area contributed by atoms with Gasteiger partial charge in [0.1, 0.15) is 13.5 Å². The molecule has 3 heterocycles. The third kappa shape index (κ3) is 4.85. The molecule has 1 amide bonds. The summed E-state index contributed by atoms with van der Waals surface area (Å²) in [5.41, 5.74) is 2.81. The highest BCUT2D eigenvalue weighted by Crippen LogP contribution is 2.37. The van der Waals surface area contributed by atoms with Crippen LogP contribution in [0.15, 0.2) is 61.0 Å². The minimum atomic E-state index is -0.00514. The van der Waals surface area contributed by atoms with Gasteiger partial charge in [-0.2, -0.15) is 5.10 Å². The van der Waals surface area contributed by atoms with E-state index in [1.165, 1.54) is 0 Å². The molecule has 1 aliphatic heterocycles. The zero-order valence-corrected chi connectivity index (χ0v) is 17.8. The third-order valence-electron chi connectivity index (χ3n) is 5.52. The predicted molar refractivity (Wildman–Crippen MR) is 125 cm³/mol. The molecule has 1 aliphatic rings. The maximum Gasteiger partial charge on any atom is 0.256 e. The van der Waals surface area contributed by atoms with Crippen LogP contribution in [-0.4, -0.2) is 52.7 Å². The Morgan fingerprint density at radius 3 is 2.77 bits per heavy atom. The number of aliphatic imine (C=N–C) groups is 1. The van der Waals surface area contributed by atoms with Crippen molar-refractivity contribution in [2.75, 3.05) is 13.1 Å². The molecule has 1 saturated heterocycles. The lowest BCUT2D eigenvalue weighted by Gasteiger charge is -2.39. The third-order valence-corrected chi connectivity index (χ3v) is 5.52. The van der Waals surface area contributed by atoms with Gasteiger partial charge in [0.25, 0.3) is 5.91 Å². The van der Waals surface area contributed by atoms with Crippen LogP contribution in [0.5, 0.6) is 0 Å². The van der Waals surface area contributed by atoms with Crippen LogP contribution in [-0.2, 0) is 6.54 Å². The Hall–Kier alpha value is -3.22. The highest BCUT2D eigenvalue weighted by atomic mass is 16.2. The number of pyridine rings is 1. The normalized spacial score (nSPS) is 16.6.